The van der Waals surface area contributed by atoms with Crippen molar-refractivity contribution in [2.24, 2.45) is 5.92 Å². The highest BCUT2D eigenvalue weighted by Gasteiger charge is 2.29. The van der Waals surface area contributed by atoms with E-state index >= 15 is 0 Å². The van der Waals surface area contributed by atoms with Crippen LogP contribution in [0.3, 0.4) is 0 Å². The van der Waals surface area contributed by atoms with Crippen LogP contribution < -0.4 is 14.8 Å². The van der Waals surface area contributed by atoms with Crippen LogP contribution in [0.25, 0.3) is 0 Å². The van der Waals surface area contributed by atoms with E-state index in [1.54, 1.807) is 11.0 Å². The number of nitrogens with one attached hydrogen (secondary N) is 1. The number of aliphatic hydroxyl groups excluding tert-OH is 1. The Balaban J connectivity index is 1.18. The number of hydrogen-bond donors (Lipinski definition) is 2. The third-order valence-corrected chi connectivity index (χ3v) is 6.05. The van der Waals surface area contributed by atoms with Crippen molar-refractivity contribution in [3.8, 4) is 11.5 Å². The Morgan fingerprint density at radius 3 is 2.55 bits per heavy atom. The van der Waals surface area contributed by atoms with Gasteiger partial charge >= 0.3 is 6.09 Å². The highest BCUT2D eigenvalue weighted by atomic mass is 19.1. The number of piperidine rings is 2. The Bertz CT molecular complexity index is 902. The molecule has 33 heavy (non-hydrogen) atoms. The first kappa shape index (κ1) is 23.3. The lowest BCUT2D eigenvalue weighted by Gasteiger charge is -2.34. The van der Waals surface area contributed by atoms with Gasteiger partial charge in [0.25, 0.3) is 0 Å². The predicted molar refractivity (Wildman–Crippen MR) is 121 cm³/mol. The van der Waals surface area contributed by atoms with Gasteiger partial charge in [0.2, 0.25) is 0 Å². The molecule has 2 aromatic carbocycles. The van der Waals surface area contributed by atoms with Gasteiger partial charge < -0.3 is 29.5 Å². The molecule has 7 nitrogen and oxygen atoms in total. The highest BCUT2D eigenvalue weighted by molar-refractivity contribution is 5.68. The quantitative estimate of drug-likeness (QED) is 0.663. The summed E-state index contributed by atoms with van der Waals surface area (Å²) in [6.45, 7) is 2.95. The summed E-state index contributed by atoms with van der Waals surface area (Å²) in [6, 6.07) is 13.7. The van der Waals surface area contributed by atoms with E-state index in [0.29, 0.717) is 38.4 Å². The Morgan fingerprint density at radius 2 is 1.82 bits per heavy atom. The zero-order valence-corrected chi connectivity index (χ0v) is 18.6. The van der Waals surface area contributed by atoms with Crippen molar-refractivity contribution >= 4 is 6.09 Å². The van der Waals surface area contributed by atoms with Crippen molar-refractivity contribution in [3.63, 3.8) is 0 Å². The number of carbonyl (C=O) groups excluding carboxylic acids is 1. The van der Waals surface area contributed by atoms with Gasteiger partial charge in [-0.3, -0.25) is 0 Å². The highest BCUT2D eigenvalue weighted by Crippen LogP contribution is 2.23. The Morgan fingerprint density at radius 1 is 1.06 bits per heavy atom. The summed E-state index contributed by atoms with van der Waals surface area (Å²) < 4.78 is 30.7. The number of carbonyl (C=O) groups is 1. The van der Waals surface area contributed by atoms with Crippen molar-refractivity contribution < 1.29 is 28.5 Å². The van der Waals surface area contributed by atoms with Gasteiger partial charge in [0.15, 0.2) is 0 Å². The van der Waals surface area contributed by atoms with Crippen LogP contribution in [0.5, 0.6) is 11.5 Å². The van der Waals surface area contributed by atoms with E-state index in [2.05, 4.69) is 5.32 Å². The summed E-state index contributed by atoms with van der Waals surface area (Å²) in [6.07, 6.45) is 1.70. The van der Waals surface area contributed by atoms with Crippen molar-refractivity contribution in [3.05, 3.63) is 59.9 Å². The van der Waals surface area contributed by atoms with Crippen molar-refractivity contribution in [1.82, 2.24) is 10.2 Å². The van der Waals surface area contributed by atoms with Crippen LogP contribution in [0.2, 0.25) is 0 Å². The van der Waals surface area contributed by atoms with E-state index in [1.165, 1.54) is 12.1 Å². The van der Waals surface area contributed by atoms with Gasteiger partial charge in [-0.1, -0.05) is 12.1 Å². The van der Waals surface area contributed by atoms with Crippen LogP contribution in [0, 0.1) is 11.7 Å². The van der Waals surface area contributed by atoms with E-state index in [0.717, 1.165) is 30.7 Å². The standard InChI is InChI=1S/C25H31FN2O5/c26-20-3-1-2-18(12-20)17-31-21-4-6-22(7-5-21)32-23-8-10-28(11-9-23)25(30)33-24-13-19(16-29)14-27-15-24/h1-7,12,19,23-24,27,29H,8-11,13-17H2. The number of aliphatic hydroxyl groups is 1. The molecule has 0 bridgehead atoms. The molecule has 2 aliphatic rings. The molecule has 2 aliphatic heterocycles. The minimum absolute atomic E-state index is 0.0308. The fourth-order valence-electron chi connectivity index (χ4n) is 4.19. The van der Waals surface area contributed by atoms with E-state index in [4.69, 9.17) is 14.2 Å². The zero-order valence-electron chi connectivity index (χ0n) is 18.6. The molecule has 0 aliphatic carbocycles. The van der Waals surface area contributed by atoms with Gasteiger partial charge in [-0.2, -0.15) is 0 Å². The molecule has 0 radical (unpaired) electrons. The Kier molecular flexibility index (Phi) is 8.01. The first-order valence-electron chi connectivity index (χ1n) is 11.5. The second-order valence-corrected chi connectivity index (χ2v) is 8.64. The number of rotatable bonds is 7. The molecule has 1 amide bonds. The SMILES string of the molecule is O=C(OC1CNCC(CO)C1)N1CCC(Oc2ccc(OCc3cccc(F)c3)cc2)CC1. The molecule has 4 rings (SSSR count). The number of halogens is 1. The number of benzene rings is 2. The van der Waals surface area contributed by atoms with Crippen LogP contribution in [0.1, 0.15) is 24.8 Å². The predicted octanol–water partition coefficient (Wildman–Crippen LogP) is 3.35. The number of ether oxygens (including phenoxy) is 3. The number of likely N-dealkylation sites (tertiary alicyclic amines) is 1. The molecular formula is C25H31FN2O5. The summed E-state index contributed by atoms with van der Waals surface area (Å²) in [7, 11) is 0. The van der Waals surface area contributed by atoms with Crippen molar-refractivity contribution in [1.29, 1.82) is 0 Å². The lowest BCUT2D eigenvalue weighted by Crippen LogP contribution is -2.47. The average molecular weight is 459 g/mol. The van der Waals surface area contributed by atoms with Gasteiger partial charge in [0, 0.05) is 45.6 Å². The lowest BCUT2D eigenvalue weighted by atomic mass is 9.98. The first-order chi connectivity index (χ1) is 16.1. The molecule has 0 spiro atoms. The van der Waals surface area contributed by atoms with Crippen LogP contribution in [0.4, 0.5) is 9.18 Å². The summed E-state index contributed by atoms with van der Waals surface area (Å²) in [4.78, 5) is 14.2. The molecule has 2 fully saturated rings. The van der Waals surface area contributed by atoms with E-state index in [-0.39, 0.29) is 36.6 Å². The smallest absolute Gasteiger partial charge is 0.410 e. The number of hydrogen-bond acceptors (Lipinski definition) is 6. The molecule has 2 heterocycles. The van der Waals surface area contributed by atoms with Gasteiger partial charge in [-0.15, -0.1) is 0 Å². The van der Waals surface area contributed by atoms with Crippen LogP contribution >= 0.6 is 0 Å². The van der Waals surface area contributed by atoms with Crippen LogP contribution in [0.15, 0.2) is 48.5 Å². The molecule has 8 heteroatoms. The first-order valence-corrected chi connectivity index (χ1v) is 11.5. The van der Waals surface area contributed by atoms with E-state index < -0.39 is 0 Å². The van der Waals surface area contributed by atoms with E-state index in [9.17, 15) is 14.3 Å². The average Bonchev–Trinajstić information content (AvgIpc) is 2.84. The maximum Gasteiger partial charge on any atom is 0.410 e. The third kappa shape index (κ3) is 6.82. The maximum absolute atomic E-state index is 13.3. The topological polar surface area (TPSA) is 80.3 Å². The zero-order chi connectivity index (χ0) is 23.0. The number of nitrogens with zero attached hydrogens (tertiary/aromatic N) is 1. The number of amides is 1. The van der Waals surface area contributed by atoms with Gasteiger partial charge in [0.1, 0.15) is 36.1 Å². The molecule has 2 aromatic rings. The molecule has 2 unspecified atom stereocenters. The maximum atomic E-state index is 13.3. The molecule has 0 aromatic heterocycles. The fourth-order valence-corrected chi connectivity index (χ4v) is 4.19. The minimum atomic E-state index is -0.293. The second kappa shape index (κ2) is 11.3. The van der Waals surface area contributed by atoms with Crippen LogP contribution in [-0.2, 0) is 11.3 Å². The molecular weight excluding hydrogens is 427 g/mol. The van der Waals surface area contributed by atoms with E-state index in [1.807, 2.05) is 30.3 Å². The normalized spacial score (nSPS) is 21.5. The summed E-state index contributed by atoms with van der Waals surface area (Å²) in [5, 5.41) is 12.5. The monoisotopic (exact) mass is 458 g/mol. The van der Waals surface area contributed by atoms with Gasteiger partial charge in [-0.25, -0.2) is 9.18 Å². The largest absolute Gasteiger partial charge is 0.490 e. The van der Waals surface area contributed by atoms with Crippen molar-refractivity contribution in [2.75, 3.05) is 32.8 Å². The van der Waals surface area contributed by atoms with Crippen LogP contribution in [-0.4, -0.2) is 61.1 Å². The summed E-state index contributed by atoms with van der Waals surface area (Å²) in [5.41, 5.74) is 0.772. The third-order valence-electron chi connectivity index (χ3n) is 6.05. The second-order valence-electron chi connectivity index (χ2n) is 8.64. The Hall–Kier alpha value is -2.84. The molecule has 178 valence electrons. The van der Waals surface area contributed by atoms with Gasteiger partial charge in [-0.05, 0) is 54.3 Å². The lowest BCUT2D eigenvalue weighted by molar-refractivity contribution is 0.0206. The molecule has 0 saturated carbocycles. The summed E-state index contributed by atoms with van der Waals surface area (Å²) >= 11 is 0. The van der Waals surface area contributed by atoms with Crippen molar-refractivity contribution in [2.45, 2.75) is 38.1 Å². The molecule has 2 atom stereocenters. The molecule has 2 saturated heterocycles. The molecule has 2 N–H and O–H groups in total. The minimum Gasteiger partial charge on any atom is -0.490 e. The van der Waals surface area contributed by atoms with Gasteiger partial charge in [0.05, 0.1) is 0 Å². The Labute approximate surface area is 193 Å². The fraction of sp³-hybridized carbons (Fsp3) is 0.480. The summed E-state index contributed by atoms with van der Waals surface area (Å²) in [5.74, 6) is 1.29.